The van der Waals surface area contributed by atoms with Crippen molar-refractivity contribution in [2.24, 2.45) is 0 Å². The van der Waals surface area contributed by atoms with E-state index in [1.165, 1.54) is 49.1 Å². The van der Waals surface area contributed by atoms with Gasteiger partial charge in [0.15, 0.2) is 0 Å². The predicted octanol–water partition coefficient (Wildman–Crippen LogP) is 3.84. The fraction of sp³-hybridized carbons (Fsp3) is 0.600. The van der Waals surface area contributed by atoms with Gasteiger partial charge in [0, 0.05) is 5.56 Å². The molecule has 1 heteroatoms. The molecule has 0 bridgehead atoms. The first kappa shape index (κ1) is 13.2. The van der Waals surface area contributed by atoms with Crippen molar-refractivity contribution in [3.63, 3.8) is 0 Å². The van der Waals surface area contributed by atoms with Crippen molar-refractivity contribution in [1.29, 1.82) is 0 Å². The molecule has 0 unspecified atom stereocenters. The van der Waals surface area contributed by atoms with Crippen LogP contribution in [-0.4, -0.2) is 24.1 Å². The van der Waals surface area contributed by atoms with Crippen LogP contribution >= 0.6 is 0 Å². The third-order valence-corrected chi connectivity index (χ3v) is 3.69. The highest BCUT2D eigenvalue weighted by Crippen LogP contribution is 2.15. The van der Waals surface area contributed by atoms with E-state index in [1.807, 2.05) is 0 Å². The highest BCUT2D eigenvalue weighted by atomic mass is 15.3. The quantitative estimate of drug-likeness (QED) is 0.612. The molecule has 0 spiro atoms. The summed E-state index contributed by atoms with van der Waals surface area (Å²) in [4.78, 5) is 0. The van der Waals surface area contributed by atoms with Gasteiger partial charge in [-0.2, -0.15) is 0 Å². The Morgan fingerprint density at radius 2 is 1.56 bits per heavy atom. The molecule has 0 aromatic heterocycles. The lowest BCUT2D eigenvalue weighted by Gasteiger charge is -2.37. The lowest BCUT2D eigenvalue weighted by Crippen LogP contribution is -2.47. The van der Waals surface area contributed by atoms with E-state index >= 15 is 0 Å². The molecule has 1 nitrogen and oxygen atoms in total. The second kappa shape index (κ2) is 6.70. The third kappa shape index (κ3) is 3.64. The minimum Gasteiger partial charge on any atom is -0.320 e. The molecule has 0 saturated heterocycles. The summed E-state index contributed by atoms with van der Waals surface area (Å²) in [6, 6.07) is 10.9. The van der Waals surface area contributed by atoms with E-state index < -0.39 is 0 Å². The van der Waals surface area contributed by atoms with Crippen LogP contribution in [0, 0.1) is 0 Å². The standard InChI is InChI=1S/C15H26N/c1-4-7-13-16(5-2,6-3)14-15-11-9-8-10-12-15/h8-12H,4-7,13-14H2,1-3H3/q+1. The highest BCUT2D eigenvalue weighted by molar-refractivity contribution is 5.13. The van der Waals surface area contributed by atoms with E-state index in [0.29, 0.717) is 0 Å². The molecular formula is C15H26N+. The zero-order chi connectivity index (χ0) is 11.9. The SMILES string of the molecule is CCCC[N+](CC)(CC)Cc1ccccc1. The molecule has 0 radical (unpaired) electrons. The molecule has 0 saturated carbocycles. The van der Waals surface area contributed by atoms with Crippen LogP contribution in [-0.2, 0) is 6.54 Å². The first-order valence-corrected chi connectivity index (χ1v) is 6.65. The Bertz CT molecular complexity index is 275. The molecule has 1 aromatic rings. The van der Waals surface area contributed by atoms with Crippen molar-refractivity contribution in [2.45, 2.75) is 40.2 Å². The van der Waals surface area contributed by atoms with E-state index in [2.05, 4.69) is 51.1 Å². The maximum Gasteiger partial charge on any atom is 0.104 e. The van der Waals surface area contributed by atoms with E-state index in [4.69, 9.17) is 0 Å². The van der Waals surface area contributed by atoms with E-state index in [9.17, 15) is 0 Å². The Morgan fingerprint density at radius 1 is 0.938 bits per heavy atom. The van der Waals surface area contributed by atoms with Crippen LogP contribution in [0.1, 0.15) is 39.2 Å². The van der Waals surface area contributed by atoms with Gasteiger partial charge in [-0.1, -0.05) is 43.7 Å². The summed E-state index contributed by atoms with van der Waals surface area (Å²) < 4.78 is 1.23. The van der Waals surface area contributed by atoms with Gasteiger partial charge in [-0.15, -0.1) is 0 Å². The normalized spacial score (nSPS) is 11.7. The van der Waals surface area contributed by atoms with Crippen LogP contribution in [0.3, 0.4) is 0 Å². The molecule has 0 aliphatic rings. The van der Waals surface area contributed by atoms with Crippen LogP contribution in [0.15, 0.2) is 30.3 Å². The van der Waals surface area contributed by atoms with Gasteiger partial charge in [0.2, 0.25) is 0 Å². The molecule has 0 heterocycles. The van der Waals surface area contributed by atoms with Gasteiger partial charge in [0.05, 0.1) is 19.6 Å². The molecule has 1 aromatic carbocycles. The Labute approximate surface area is 101 Å². The molecule has 0 amide bonds. The second-order valence-electron chi connectivity index (χ2n) is 4.69. The van der Waals surface area contributed by atoms with Gasteiger partial charge in [-0.3, -0.25) is 0 Å². The van der Waals surface area contributed by atoms with Crippen molar-refractivity contribution >= 4 is 0 Å². The number of quaternary nitrogens is 1. The van der Waals surface area contributed by atoms with Crippen LogP contribution in [0.5, 0.6) is 0 Å². The summed E-state index contributed by atoms with van der Waals surface area (Å²) in [5.41, 5.74) is 1.47. The Hall–Kier alpha value is -0.820. The minimum absolute atomic E-state index is 1.19. The minimum atomic E-state index is 1.19. The van der Waals surface area contributed by atoms with Crippen molar-refractivity contribution in [3.05, 3.63) is 35.9 Å². The van der Waals surface area contributed by atoms with Crippen molar-refractivity contribution in [2.75, 3.05) is 19.6 Å². The van der Waals surface area contributed by atoms with E-state index in [0.717, 1.165) is 0 Å². The third-order valence-electron chi connectivity index (χ3n) is 3.69. The number of rotatable bonds is 7. The average Bonchev–Trinajstić information content (AvgIpc) is 2.36. The fourth-order valence-electron chi connectivity index (χ4n) is 2.31. The zero-order valence-electron chi connectivity index (χ0n) is 11.1. The van der Waals surface area contributed by atoms with Crippen LogP contribution < -0.4 is 0 Å². The molecule has 1 rings (SSSR count). The topological polar surface area (TPSA) is 0 Å². The summed E-state index contributed by atoms with van der Waals surface area (Å²) in [7, 11) is 0. The van der Waals surface area contributed by atoms with E-state index in [-0.39, 0.29) is 0 Å². The first-order valence-electron chi connectivity index (χ1n) is 6.65. The predicted molar refractivity (Wildman–Crippen MR) is 71.3 cm³/mol. The maximum atomic E-state index is 2.32. The molecule has 0 fully saturated rings. The molecule has 16 heavy (non-hydrogen) atoms. The summed E-state index contributed by atoms with van der Waals surface area (Å²) in [5.74, 6) is 0. The van der Waals surface area contributed by atoms with Gasteiger partial charge in [0.1, 0.15) is 6.54 Å². The molecule has 0 aliphatic heterocycles. The van der Waals surface area contributed by atoms with Crippen molar-refractivity contribution < 1.29 is 4.48 Å². The highest BCUT2D eigenvalue weighted by Gasteiger charge is 2.22. The van der Waals surface area contributed by atoms with Crippen molar-refractivity contribution in [3.8, 4) is 0 Å². The average molecular weight is 220 g/mol. The Kier molecular flexibility index (Phi) is 5.54. The number of benzene rings is 1. The Balaban J connectivity index is 2.70. The zero-order valence-corrected chi connectivity index (χ0v) is 11.1. The molecule has 0 aliphatic carbocycles. The second-order valence-corrected chi connectivity index (χ2v) is 4.69. The Morgan fingerprint density at radius 3 is 2.06 bits per heavy atom. The fourth-order valence-corrected chi connectivity index (χ4v) is 2.31. The molecule has 0 N–H and O–H groups in total. The van der Waals surface area contributed by atoms with Crippen molar-refractivity contribution in [1.82, 2.24) is 0 Å². The van der Waals surface area contributed by atoms with Gasteiger partial charge in [-0.05, 0) is 20.3 Å². The molecular weight excluding hydrogens is 194 g/mol. The molecule has 90 valence electrons. The number of nitrogens with zero attached hydrogens (tertiary/aromatic N) is 1. The number of hydrogen-bond donors (Lipinski definition) is 0. The van der Waals surface area contributed by atoms with Gasteiger partial charge >= 0.3 is 0 Å². The lowest BCUT2D eigenvalue weighted by molar-refractivity contribution is -0.938. The first-order chi connectivity index (χ1) is 7.76. The summed E-state index contributed by atoms with van der Waals surface area (Å²) in [5, 5.41) is 0. The van der Waals surface area contributed by atoms with Crippen LogP contribution in [0.2, 0.25) is 0 Å². The summed E-state index contributed by atoms with van der Waals surface area (Å²) in [6.07, 6.45) is 2.64. The van der Waals surface area contributed by atoms with Crippen LogP contribution in [0.25, 0.3) is 0 Å². The summed E-state index contributed by atoms with van der Waals surface area (Å²) >= 11 is 0. The van der Waals surface area contributed by atoms with Gasteiger partial charge in [0.25, 0.3) is 0 Å². The monoisotopic (exact) mass is 220 g/mol. The number of unbranched alkanes of at least 4 members (excludes halogenated alkanes) is 1. The van der Waals surface area contributed by atoms with Crippen LogP contribution in [0.4, 0.5) is 0 Å². The van der Waals surface area contributed by atoms with Gasteiger partial charge < -0.3 is 4.48 Å². The van der Waals surface area contributed by atoms with E-state index in [1.54, 1.807) is 0 Å². The van der Waals surface area contributed by atoms with Gasteiger partial charge in [-0.25, -0.2) is 0 Å². The smallest absolute Gasteiger partial charge is 0.104 e. The maximum absolute atomic E-state index is 2.32. The summed E-state index contributed by atoms with van der Waals surface area (Å²) in [6.45, 7) is 11.9. The lowest BCUT2D eigenvalue weighted by atomic mass is 10.1. The molecule has 0 atom stereocenters. The number of hydrogen-bond acceptors (Lipinski definition) is 0. The largest absolute Gasteiger partial charge is 0.320 e.